The normalized spacial score (nSPS) is 12.3. The van der Waals surface area contributed by atoms with Crippen LogP contribution >= 0.6 is 11.3 Å². The summed E-state index contributed by atoms with van der Waals surface area (Å²) in [4.78, 5) is 15.6. The van der Waals surface area contributed by atoms with Gasteiger partial charge in [-0.05, 0) is 26.0 Å². The molecule has 2 amide bonds. The number of amides is 2. The van der Waals surface area contributed by atoms with E-state index < -0.39 is 0 Å². The lowest BCUT2D eigenvalue weighted by Crippen LogP contribution is -2.40. The second kappa shape index (κ2) is 5.16. The van der Waals surface area contributed by atoms with E-state index in [1.807, 2.05) is 6.92 Å². The highest BCUT2D eigenvalue weighted by Crippen LogP contribution is 2.16. The molecule has 84 valence electrons. The highest BCUT2D eigenvalue weighted by atomic mass is 32.1. The lowest BCUT2D eigenvalue weighted by Gasteiger charge is -2.17. The third-order valence-corrected chi connectivity index (χ3v) is 3.10. The molecule has 1 atom stereocenters. The van der Waals surface area contributed by atoms with E-state index in [0.29, 0.717) is 0 Å². The smallest absolute Gasteiger partial charge is 0.317 e. The van der Waals surface area contributed by atoms with Crippen molar-refractivity contribution in [2.45, 2.75) is 26.3 Å². The molecular formula is C11H18N2OS. The number of nitrogens with one attached hydrogen (secondary N) is 1. The molecule has 1 aromatic heterocycles. The van der Waals surface area contributed by atoms with E-state index in [1.165, 1.54) is 9.75 Å². The Morgan fingerprint density at radius 2 is 2.20 bits per heavy atom. The van der Waals surface area contributed by atoms with Crippen LogP contribution in [0.1, 0.15) is 16.7 Å². The highest BCUT2D eigenvalue weighted by molar-refractivity contribution is 7.11. The van der Waals surface area contributed by atoms with Gasteiger partial charge in [0.15, 0.2) is 0 Å². The lowest BCUT2D eigenvalue weighted by atomic mass is 10.2. The quantitative estimate of drug-likeness (QED) is 0.842. The summed E-state index contributed by atoms with van der Waals surface area (Å²) in [5.74, 6) is 0. The van der Waals surface area contributed by atoms with Crippen LogP contribution < -0.4 is 5.32 Å². The summed E-state index contributed by atoms with van der Waals surface area (Å²) < 4.78 is 0. The third-order valence-electron chi connectivity index (χ3n) is 2.08. The zero-order chi connectivity index (χ0) is 11.4. The minimum atomic E-state index is -0.0317. The number of carbonyl (C=O) groups excluding carboxylic acids is 1. The van der Waals surface area contributed by atoms with Crippen LogP contribution in [0, 0.1) is 6.92 Å². The fourth-order valence-corrected chi connectivity index (χ4v) is 2.31. The van der Waals surface area contributed by atoms with Crippen molar-refractivity contribution in [3.8, 4) is 0 Å². The molecule has 0 bridgehead atoms. The summed E-state index contributed by atoms with van der Waals surface area (Å²) in [7, 11) is 3.49. The van der Waals surface area contributed by atoms with Crippen molar-refractivity contribution in [3.05, 3.63) is 21.9 Å². The predicted octanol–water partition coefficient (Wildman–Crippen LogP) is 2.26. The van der Waals surface area contributed by atoms with E-state index in [0.717, 1.165) is 6.42 Å². The summed E-state index contributed by atoms with van der Waals surface area (Å²) in [5, 5.41) is 2.93. The Labute approximate surface area is 95.1 Å². The Bertz CT molecular complexity index is 333. The Morgan fingerprint density at radius 3 is 2.67 bits per heavy atom. The van der Waals surface area contributed by atoms with Crippen LogP contribution in [0.3, 0.4) is 0 Å². The first-order valence-corrected chi connectivity index (χ1v) is 5.84. The number of rotatable bonds is 3. The molecule has 1 aromatic rings. The van der Waals surface area contributed by atoms with Gasteiger partial charge in [0.2, 0.25) is 0 Å². The van der Waals surface area contributed by atoms with Gasteiger partial charge in [-0.3, -0.25) is 0 Å². The molecule has 15 heavy (non-hydrogen) atoms. The maximum Gasteiger partial charge on any atom is 0.317 e. The first-order chi connectivity index (χ1) is 6.99. The fourth-order valence-electron chi connectivity index (χ4n) is 1.29. The molecule has 1 rings (SSSR count). The van der Waals surface area contributed by atoms with Crippen LogP contribution in [0.25, 0.3) is 0 Å². The van der Waals surface area contributed by atoms with Gasteiger partial charge < -0.3 is 10.2 Å². The van der Waals surface area contributed by atoms with E-state index in [2.05, 4.69) is 24.4 Å². The second-order valence-corrected chi connectivity index (χ2v) is 5.33. The molecule has 1 N–H and O–H groups in total. The van der Waals surface area contributed by atoms with Gasteiger partial charge in [-0.1, -0.05) is 0 Å². The molecule has 0 aliphatic rings. The van der Waals surface area contributed by atoms with Crippen molar-refractivity contribution >= 4 is 17.4 Å². The van der Waals surface area contributed by atoms with Gasteiger partial charge in [0.25, 0.3) is 0 Å². The van der Waals surface area contributed by atoms with Crippen molar-refractivity contribution < 1.29 is 4.79 Å². The molecule has 3 nitrogen and oxygen atoms in total. The minimum Gasteiger partial charge on any atom is -0.335 e. The monoisotopic (exact) mass is 226 g/mol. The average molecular weight is 226 g/mol. The van der Waals surface area contributed by atoms with Crippen LogP contribution in [0.5, 0.6) is 0 Å². The number of carbonyl (C=O) groups is 1. The van der Waals surface area contributed by atoms with E-state index in [4.69, 9.17) is 0 Å². The van der Waals surface area contributed by atoms with E-state index in [1.54, 1.807) is 30.3 Å². The first kappa shape index (κ1) is 12.0. The van der Waals surface area contributed by atoms with Gasteiger partial charge in [0.1, 0.15) is 0 Å². The number of nitrogens with zero attached hydrogens (tertiary/aromatic N) is 1. The third kappa shape index (κ3) is 3.91. The maximum absolute atomic E-state index is 11.4. The summed E-state index contributed by atoms with van der Waals surface area (Å²) in [5.41, 5.74) is 0. The van der Waals surface area contributed by atoms with Gasteiger partial charge in [0.05, 0.1) is 0 Å². The predicted molar refractivity (Wildman–Crippen MR) is 64.4 cm³/mol. The molecule has 0 saturated carbocycles. The highest BCUT2D eigenvalue weighted by Gasteiger charge is 2.09. The number of hydrogen-bond acceptors (Lipinski definition) is 2. The van der Waals surface area contributed by atoms with Gasteiger partial charge in [-0.25, -0.2) is 4.79 Å². The zero-order valence-corrected chi connectivity index (χ0v) is 10.5. The molecular weight excluding hydrogens is 208 g/mol. The van der Waals surface area contributed by atoms with Crippen molar-refractivity contribution in [2.75, 3.05) is 14.1 Å². The standard InChI is InChI=1S/C11H18N2OS/c1-8(12-11(14)13(3)4)7-10-6-5-9(2)15-10/h5-6,8H,7H2,1-4H3,(H,12,14). The Kier molecular flexibility index (Phi) is 4.15. The van der Waals surface area contributed by atoms with Gasteiger partial charge in [-0.2, -0.15) is 0 Å². The molecule has 0 aliphatic heterocycles. The molecule has 1 heterocycles. The van der Waals surface area contributed by atoms with E-state index in [9.17, 15) is 4.79 Å². The number of hydrogen-bond donors (Lipinski definition) is 1. The fraction of sp³-hybridized carbons (Fsp3) is 0.545. The van der Waals surface area contributed by atoms with Crippen molar-refractivity contribution in [3.63, 3.8) is 0 Å². The Hall–Kier alpha value is -1.03. The summed E-state index contributed by atoms with van der Waals surface area (Å²) in [6.45, 7) is 4.12. The summed E-state index contributed by atoms with van der Waals surface area (Å²) >= 11 is 1.79. The Morgan fingerprint density at radius 1 is 1.53 bits per heavy atom. The van der Waals surface area contributed by atoms with Crippen LogP contribution in [0.15, 0.2) is 12.1 Å². The largest absolute Gasteiger partial charge is 0.335 e. The molecule has 1 unspecified atom stereocenters. The van der Waals surface area contributed by atoms with Gasteiger partial charge >= 0.3 is 6.03 Å². The maximum atomic E-state index is 11.4. The lowest BCUT2D eigenvalue weighted by molar-refractivity contribution is 0.214. The average Bonchev–Trinajstić information content (AvgIpc) is 2.50. The SMILES string of the molecule is Cc1ccc(CC(C)NC(=O)N(C)C)s1. The minimum absolute atomic E-state index is 0.0317. The molecule has 0 aliphatic carbocycles. The molecule has 0 spiro atoms. The van der Waals surface area contributed by atoms with Crippen LogP contribution in [0.4, 0.5) is 4.79 Å². The number of urea groups is 1. The van der Waals surface area contributed by atoms with Crippen molar-refractivity contribution in [2.24, 2.45) is 0 Å². The molecule has 0 radical (unpaired) electrons. The number of thiophene rings is 1. The summed E-state index contributed by atoms with van der Waals surface area (Å²) in [6, 6.07) is 4.38. The van der Waals surface area contributed by atoms with Gasteiger partial charge in [0, 0.05) is 36.3 Å². The topological polar surface area (TPSA) is 32.3 Å². The second-order valence-electron chi connectivity index (χ2n) is 3.96. The van der Waals surface area contributed by atoms with Crippen LogP contribution in [-0.4, -0.2) is 31.1 Å². The van der Waals surface area contributed by atoms with Crippen molar-refractivity contribution in [1.82, 2.24) is 10.2 Å². The van der Waals surface area contributed by atoms with E-state index in [-0.39, 0.29) is 12.1 Å². The van der Waals surface area contributed by atoms with Crippen molar-refractivity contribution in [1.29, 1.82) is 0 Å². The summed E-state index contributed by atoms with van der Waals surface area (Å²) in [6.07, 6.45) is 0.901. The van der Waals surface area contributed by atoms with Gasteiger partial charge in [-0.15, -0.1) is 11.3 Å². The first-order valence-electron chi connectivity index (χ1n) is 5.02. The zero-order valence-electron chi connectivity index (χ0n) is 9.70. The molecule has 0 aromatic carbocycles. The Balaban J connectivity index is 2.42. The molecule has 0 saturated heterocycles. The van der Waals surface area contributed by atoms with E-state index >= 15 is 0 Å². The van der Waals surface area contributed by atoms with Crippen LogP contribution in [-0.2, 0) is 6.42 Å². The number of aryl methyl sites for hydroxylation is 1. The van der Waals surface area contributed by atoms with Crippen LogP contribution in [0.2, 0.25) is 0 Å². The molecule has 0 fully saturated rings. The molecule has 4 heteroatoms.